The summed E-state index contributed by atoms with van der Waals surface area (Å²) in [6.07, 6.45) is 5.96. The van der Waals surface area contributed by atoms with Crippen LogP contribution in [0.5, 0.6) is 0 Å². The summed E-state index contributed by atoms with van der Waals surface area (Å²) in [6.45, 7) is 6.22. The van der Waals surface area contributed by atoms with Crippen molar-refractivity contribution in [2.45, 2.75) is 58.0 Å². The molecule has 3 fully saturated rings. The summed E-state index contributed by atoms with van der Waals surface area (Å²) < 4.78 is 32.7. The highest BCUT2D eigenvalue weighted by Crippen LogP contribution is 2.43. The smallest absolute Gasteiger partial charge is 0.341 e. The van der Waals surface area contributed by atoms with E-state index in [1.807, 2.05) is 7.05 Å². The van der Waals surface area contributed by atoms with Gasteiger partial charge in [-0.25, -0.2) is 13.6 Å². The normalized spacial score (nSPS) is 22.8. The molecule has 3 heterocycles. The summed E-state index contributed by atoms with van der Waals surface area (Å²) in [6, 6.07) is 0.0974. The van der Waals surface area contributed by atoms with Crippen molar-refractivity contribution in [3.05, 3.63) is 33.6 Å². The lowest BCUT2D eigenvalue weighted by Crippen LogP contribution is -2.42. The molecule has 0 radical (unpaired) electrons. The van der Waals surface area contributed by atoms with Crippen molar-refractivity contribution in [2.75, 3.05) is 37.3 Å². The molecule has 1 saturated carbocycles. The van der Waals surface area contributed by atoms with Crippen molar-refractivity contribution in [1.29, 1.82) is 0 Å². The van der Waals surface area contributed by atoms with Gasteiger partial charge in [0, 0.05) is 31.4 Å². The van der Waals surface area contributed by atoms with Crippen LogP contribution in [-0.4, -0.2) is 53.3 Å². The summed E-state index contributed by atoms with van der Waals surface area (Å²) >= 11 is 0. The maximum Gasteiger partial charge on any atom is 0.341 e. The third-order valence-electron chi connectivity index (χ3n) is 6.91. The van der Waals surface area contributed by atoms with Gasteiger partial charge in [-0.15, -0.1) is 0 Å². The molecule has 0 amide bonds. The number of likely N-dealkylation sites (tertiary alicyclic amines) is 1. The van der Waals surface area contributed by atoms with Gasteiger partial charge in [-0.1, -0.05) is 20.3 Å². The maximum atomic E-state index is 15.8. The van der Waals surface area contributed by atoms with E-state index in [0.29, 0.717) is 19.0 Å². The number of aromatic nitrogens is 1. The second-order valence-electron chi connectivity index (χ2n) is 9.49. The minimum Gasteiger partial charge on any atom is -0.477 e. The van der Waals surface area contributed by atoms with Gasteiger partial charge in [-0.3, -0.25) is 4.79 Å². The number of aromatic carboxylic acids is 1. The summed E-state index contributed by atoms with van der Waals surface area (Å²) in [7, 11) is 2.03. The number of pyridine rings is 1. The molecule has 2 saturated heterocycles. The zero-order chi connectivity index (χ0) is 24.0. The summed E-state index contributed by atoms with van der Waals surface area (Å²) in [4.78, 5) is 28.2. The average molecular weight is 463 g/mol. The van der Waals surface area contributed by atoms with Gasteiger partial charge >= 0.3 is 5.97 Å². The number of hydrogen-bond acceptors (Lipinski definition) is 5. The van der Waals surface area contributed by atoms with Crippen molar-refractivity contribution >= 4 is 28.2 Å². The fourth-order valence-electron chi connectivity index (χ4n) is 5.21. The predicted octanol–water partition coefficient (Wildman–Crippen LogP) is 3.84. The van der Waals surface area contributed by atoms with Crippen LogP contribution >= 0.6 is 0 Å². The highest BCUT2D eigenvalue weighted by atomic mass is 19.1. The first-order valence-corrected chi connectivity index (χ1v) is 11.7. The topological polar surface area (TPSA) is 91.8 Å². The van der Waals surface area contributed by atoms with E-state index in [9.17, 15) is 14.7 Å². The number of hydrogen-bond donors (Lipinski definition) is 2. The highest BCUT2D eigenvalue weighted by Gasteiger charge is 2.40. The molecule has 180 valence electrons. The fourth-order valence-corrected chi connectivity index (χ4v) is 5.21. The number of nitrogen functional groups attached to an aromatic ring is 1. The van der Waals surface area contributed by atoms with Gasteiger partial charge in [0.05, 0.1) is 16.6 Å². The molecule has 9 heteroatoms. The van der Waals surface area contributed by atoms with Crippen molar-refractivity contribution in [2.24, 2.45) is 5.92 Å². The van der Waals surface area contributed by atoms with Crippen LogP contribution in [0.4, 0.5) is 20.2 Å². The number of nitrogens with zero attached hydrogens (tertiary/aromatic N) is 3. The van der Waals surface area contributed by atoms with Crippen molar-refractivity contribution in [3.63, 3.8) is 0 Å². The number of carbonyl (C=O) groups is 1. The van der Waals surface area contributed by atoms with Crippen LogP contribution in [0.25, 0.3) is 10.9 Å². The Bertz CT molecular complexity index is 1150. The van der Waals surface area contributed by atoms with Gasteiger partial charge in [0.25, 0.3) is 0 Å². The molecule has 7 nitrogen and oxygen atoms in total. The van der Waals surface area contributed by atoms with E-state index in [-0.39, 0.29) is 28.7 Å². The Labute approximate surface area is 191 Å². The van der Waals surface area contributed by atoms with Crippen LogP contribution in [0.2, 0.25) is 0 Å². The monoisotopic (exact) mass is 462 g/mol. The zero-order valence-corrected chi connectivity index (χ0v) is 19.4. The number of halogens is 2. The van der Waals surface area contributed by atoms with E-state index >= 15 is 8.78 Å². The number of anilines is 2. The SMILES string of the molecule is CCC.CN1CCCC2CN(c3c(F)c(N)c4c(=O)c(C(=O)O)cn(C5CC5)c4c3F)CC21. The second kappa shape index (κ2) is 8.93. The molecule has 3 aliphatic rings. The number of carboxylic acid groups (broad SMARTS) is 1. The lowest BCUT2D eigenvalue weighted by Gasteiger charge is -2.33. The van der Waals surface area contributed by atoms with E-state index in [1.165, 1.54) is 17.2 Å². The molecule has 1 aromatic carbocycles. The van der Waals surface area contributed by atoms with E-state index in [1.54, 1.807) is 4.90 Å². The standard InChI is InChI=1S/C21H24F2N4O3.C3H8/c1-25-6-2-3-10-7-26(9-13(10)25)19-15(22)17(24)14-18(16(19)23)27(11-4-5-11)8-12(20(14)28)21(29)30;1-3-2/h8,10-11,13H,2-7,9,24H2,1H3,(H,29,30);3H2,1-2H3. The Hall–Kier alpha value is -2.68. The largest absolute Gasteiger partial charge is 0.477 e. The Morgan fingerprint density at radius 2 is 1.85 bits per heavy atom. The van der Waals surface area contributed by atoms with Crippen LogP contribution in [0.3, 0.4) is 0 Å². The molecule has 1 aliphatic carbocycles. The van der Waals surface area contributed by atoms with Crippen molar-refractivity contribution in [3.8, 4) is 0 Å². The molecule has 3 N–H and O–H groups in total. The minimum atomic E-state index is -1.44. The molecule has 2 aromatic rings. The number of nitrogens with two attached hydrogens (primary N) is 1. The van der Waals surface area contributed by atoms with Crippen molar-refractivity contribution in [1.82, 2.24) is 9.47 Å². The Balaban J connectivity index is 0.000000821. The number of carboxylic acids is 1. The third-order valence-corrected chi connectivity index (χ3v) is 6.91. The number of rotatable bonds is 3. The van der Waals surface area contributed by atoms with E-state index in [4.69, 9.17) is 5.73 Å². The quantitative estimate of drug-likeness (QED) is 0.674. The van der Waals surface area contributed by atoms with Crippen LogP contribution in [-0.2, 0) is 0 Å². The van der Waals surface area contributed by atoms with E-state index < -0.39 is 34.3 Å². The summed E-state index contributed by atoms with van der Waals surface area (Å²) in [5, 5.41) is 9.02. The lowest BCUT2D eigenvalue weighted by molar-refractivity contribution is 0.0695. The Morgan fingerprint density at radius 3 is 2.42 bits per heavy atom. The number of piperidine rings is 1. The number of likely N-dealkylation sites (N-methyl/N-ethyl adjacent to an activating group) is 1. The molecular formula is C24H32F2N4O3. The maximum absolute atomic E-state index is 15.8. The Kier molecular flexibility index (Phi) is 6.35. The van der Waals surface area contributed by atoms with E-state index in [0.717, 1.165) is 32.2 Å². The lowest BCUT2D eigenvalue weighted by atomic mass is 9.93. The van der Waals surface area contributed by atoms with Gasteiger partial charge in [0.1, 0.15) is 11.3 Å². The number of fused-ring (bicyclic) bond motifs is 2. The van der Waals surface area contributed by atoms with Crippen LogP contribution in [0.15, 0.2) is 11.0 Å². The van der Waals surface area contributed by atoms with Gasteiger partial charge in [-0.2, -0.15) is 0 Å². The van der Waals surface area contributed by atoms with Gasteiger partial charge in [0.15, 0.2) is 11.6 Å². The molecule has 33 heavy (non-hydrogen) atoms. The first-order valence-electron chi connectivity index (χ1n) is 11.7. The van der Waals surface area contributed by atoms with Crippen molar-refractivity contribution < 1.29 is 18.7 Å². The summed E-state index contributed by atoms with van der Waals surface area (Å²) in [5.74, 6) is -2.94. The molecule has 0 spiro atoms. The average Bonchev–Trinajstić information content (AvgIpc) is 3.51. The van der Waals surface area contributed by atoms with Crippen LogP contribution in [0.1, 0.15) is 62.4 Å². The third kappa shape index (κ3) is 3.96. The minimum absolute atomic E-state index is 0.0929. The summed E-state index contributed by atoms with van der Waals surface area (Å²) in [5.41, 5.74) is 3.74. The highest BCUT2D eigenvalue weighted by molar-refractivity contribution is 5.99. The van der Waals surface area contributed by atoms with Crippen LogP contribution < -0.4 is 16.1 Å². The van der Waals surface area contributed by atoms with E-state index in [2.05, 4.69) is 18.7 Å². The van der Waals surface area contributed by atoms with Gasteiger partial charge < -0.3 is 25.2 Å². The number of benzene rings is 1. The van der Waals surface area contributed by atoms with Crippen LogP contribution in [0, 0.1) is 17.6 Å². The van der Waals surface area contributed by atoms with Gasteiger partial charge in [0.2, 0.25) is 5.43 Å². The molecular weight excluding hydrogens is 430 g/mol. The molecule has 2 aliphatic heterocycles. The molecule has 2 atom stereocenters. The molecule has 5 rings (SSSR count). The Morgan fingerprint density at radius 1 is 1.18 bits per heavy atom. The second-order valence-corrected chi connectivity index (χ2v) is 9.49. The zero-order valence-electron chi connectivity index (χ0n) is 19.4. The predicted molar refractivity (Wildman–Crippen MR) is 125 cm³/mol. The molecule has 0 bridgehead atoms. The first kappa shape index (κ1) is 23.5. The van der Waals surface area contributed by atoms with Gasteiger partial charge in [-0.05, 0) is 45.2 Å². The fraction of sp³-hybridized carbons (Fsp3) is 0.583. The first-order chi connectivity index (χ1) is 15.7. The molecule has 1 aromatic heterocycles. The molecule has 2 unspecified atom stereocenters.